The zero-order valence-corrected chi connectivity index (χ0v) is 10.5. The maximum Gasteiger partial charge on any atom is 0.251 e. The number of anilines is 2. The van der Waals surface area contributed by atoms with Gasteiger partial charge in [-0.15, -0.1) is 0 Å². The molecule has 0 aliphatic carbocycles. The van der Waals surface area contributed by atoms with Gasteiger partial charge in [0.15, 0.2) is 0 Å². The van der Waals surface area contributed by atoms with Gasteiger partial charge in [-0.1, -0.05) is 0 Å². The Morgan fingerprint density at radius 3 is 3.06 bits per heavy atom. The van der Waals surface area contributed by atoms with Gasteiger partial charge in [0.2, 0.25) is 0 Å². The Kier molecular flexibility index (Phi) is 4.04. The summed E-state index contributed by atoms with van der Waals surface area (Å²) in [6.07, 6.45) is 1.07. The minimum absolute atomic E-state index is 0.109. The molecule has 4 N–H and O–H groups in total. The van der Waals surface area contributed by atoms with E-state index in [9.17, 15) is 4.79 Å². The monoisotopic (exact) mass is 249 g/mol. The van der Waals surface area contributed by atoms with E-state index in [0.717, 1.165) is 31.9 Å². The van der Waals surface area contributed by atoms with Gasteiger partial charge in [0.1, 0.15) is 0 Å². The molecule has 1 aromatic rings. The number of benzene rings is 1. The summed E-state index contributed by atoms with van der Waals surface area (Å²) in [5.74, 6) is 0.412. The van der Waals surface area contributed by atoms with Crippen LogP contribution in [-0.4, -0.2) is 32.7 Å². The lowest BCUT2D eigenvalue weighted by Crippen LogP contribution is -2.19. The molecule has 5 heteroatoms. The van der Waals surface area contributed by atoms with Crippen molar-refractivity contribution in [2.45, 2.75) is 6.42 Å². The molecule has 2 rings (SSSR count). The lowest BCUT2D eigenvalue weighted by atomic mass is 10.1. The van der Waals surface area contributed by atoms with Gasteiger partial charge in [-0.05, 0) is 24.6 Å². The second-order valence-electron chi connectivity index (χ2n) is 4.49. The predicted molar refractivity (Wildman–Crippen MR) is 71.7 cm³/mol. The van der Waals surface area contributed by atoms with Gasteiger partial charge in [0, 0.05) is 31.7 Å². The summed E-state index contributed by atoms with van der Waals surface area (Å²) in [6, 6.07) is 5.25. The number of carbonyl (C=O) groups is 1. The van der Waals surface area contributed by atoms with E-state index in [1.165, 1.54) is 0 Å². The second kappa shape index (κ2) is 5.73. The van der Waals surface area contributed by atoms with E-state index in [1.807, 2.05) is 0 Å². The first-order chi connectivity index (χ1) is 8.70. The Bertz CT molecular complexity index is 428. The molecule has 1 heterocycles. The zero-order valence-electron chi connectivity index (χ0n) is 10.5. The number of hydrogen-bond donors (Lipinski definition) is 3. The van der Waals surface area contributed by atoms with Gasteiger partial charge in [0.05, 0.1) is 18.0 Å². The maximum absolute atomic E-state index is 11.5. The third kappa shape index (κ3) is 2.92. The van der Waals surface area contributed by atoms with Gasteiger partial charge in [-0.25, -0.2) is 0 Å². The normalized spacial score (nSPS) is 18.6. The molecule has 1 atom stereocenters. The van der Waals surface area contributed by atoms with Crippen LogP contribution in [0.5, 0.6) is 0 Å². The van der Waals surface area contributed by atoms with Crippen molar-refractivity contribution in [3.05, 3.63) is 23.8 Å². The van der Waals surface area contributed by atoms with Crippen LogP contribution in [0.3, 0.4) is 0 Å². The summed E-state index contributed by atoms with van der Waals surface area (Å²) in [6.45, 7) is 2.45. The Hall–Kier alpha value is -1.75. The fraction of sp³-hybridized carbons (Fsp3) is 0.462. The highest BCUT2D eigenvalue weighted by atomic mass is 16.5. The highest BCUT2D eigenvalue weighted by Crippen LogP contribution is 2.21. The van der Waals surface area contributed by atoms with Crippen LogP contribution in [0, 0.1) is 5.92 Å². The summed E-state index contributed by atoms with van der Waals surface area (Å²) in [7, 11) is 1.61. The Morgan fingerprint density at radius 2 is 2.39 bits per heavy atom. The van der Waals surface area contributed by atoms with Crippen LogP contribution in [0.4, 0.5) is 11.4 Å². The molecule has 5 nitrogen and oxygen atoms in total. The van der Waals surface area contributed by atoms with Crippen molar-refractivity contribution in [1.29, 1.82) is 0 Å². The van der Waals surface area contributed by atoms with E-state index in [4.69, 9.17) is 10.5 Å². The molecule has 0 aromatic heterocycles. The highest BCUT2D eigenvalue weighted by molar-refractivity contribution is 5.96. The number of nitrogens with two attached hydrogens (primary N) is 1. The van der Waals surface area contributed by atoms with Gasteiger partial charge in [-0.3, -0.25) is 4.79 Å². The van der Waals surface area contributed by atoms with Crippen molar-refractivity contribution in [2.24, 2.45) is 5.92 Å². The van der Waals surface area contributed by atoms with Crippen LogP contribution >= 0.6 is 0 Å². The van der Waals surface area contributed by atoms with Gasteiger partial charge >= 0.3 is 0 Å². The average Bonchev–Trinajstić information content (AvgIpc) is 2.90. The standard InChI is InChI=1S/C13H19N3O2/c1-15-13(17)10-2-3-11(14)12(6-10)16-7-9-4-5-18-8-9/h2-3,6,9,16H,4-5,7-8,14H2,1H3,(H,15,17). The Balaban J connectivity index is 2.03. The molecule has 1 fully saturated rings. The largest absolute Gasteiger partial charge is 0.397 e. The third-order valence-corrected chi connectivity index (χ3v) is 3.15. The first-order valence-corrected chi connectivity index (χ1v) is 6.14. The third-order valence-electron chi connectivity index (χ3n) is 3.15. The minimum atomic E-state index is -0.109. The Morgan fingerprint density at radius 1 is 1.56 bits per heavy atom. The number of nitrogen functional groups attached to an aromatic ring is 1. The molecular formula is C13H19N3O2. The number of carbonyl (C=O) groups excluding carboxylic acids is 1. The smallest absolute Gasteiger partial charge is 0.251 e. The number of ether oxygens (including phenoxy) is 1. The predicted octanol–water partition coefficient (Wildman–Crippen LogP) is 1.08. The van der Waals surface area contributed by atoms with Crippen molar-refractivity contribution in [3.8, 4) is 0 Å². The van der Waals surface area contributed by atoms with Crippen LogP contribution in [0.25, 0.3) is 0 Å². The SMILES string of the molecule is CNC(=O)c1ccc(N)c(NCC2CCOC2)c1. The molecule has 0 saturated carbocycles. The molecule has 1 aliphatic heterocycles. The second-order valence-corrected chi connectivity index (χ2v) is 4.49. The summed E-state index contributed by atoms with van der Waals surface area (Å²) in [5, 5.41) is 5.89. The van der Waals surface area contributed by atoms with Crippen molar-refractivity contribution in [2.75, 3.05) is 37.9 Å². The topological polar surface area (TPSA) is 76.4 Å². The maximum atomic E-state index is 11.5. The summed E-state index contributed by atoms with van der Waals surface area (Å²) >= 11 is 0. The molecule has 0 radical (unpaired) electrons. The number of rotatable bonds is 4. The highest BCUT2D eigenvalue weighted by Gasteiger charge is 2.15. The quantitative estimate of drug-likeness (QED) is 0.698. The van der Waals surface area contributed by atoms with Crippen LogP contribution in [-0.2, 0) is 4.74 Å². The van der Waals surface area contributed by atoms with E-state index in [2.05, 4.69) is 10.6 Å². The minimum Gasteiger partial charge on any atom is -0.397 e. The van der Waals surface area contributed by atoms with E-state index in [-0.39, 0.29) is 5.91 Å². The first-order valence-electron chi connectivity index (χ1n) is 6.14. The number of hydrogen-bond acceptors (Lipinski definition) is 4. The molecule has 98 valence electrons. The van der Waals surface area contributed by atoms with Gasteiger partial charge in [-0.2, -0.15) is 0 Å². The molecule has 0 spiro atoms. The lowest BCUT2D eigenvalue weighted by Gasteiger charge is -2.13. The molecule has 1 aromatic carbocycles. The van der Waals surface area contributed by atoms with Crippen molar-refractivity contribution in [1.82, 2.24) is 5.32 Å². The molecule has 18 heavy (non-hydrogen) atoms. The first kappa shape index (κ1) is 12.7. The van der Waals surface area contributed by atoms with E-state index < -0.39 is 0 Å². The Labute approximate surface area is 107 Å². The fourth-order valence-electron chi connectivity index (χ4n) is 1.99. The number of nitrogens with one attached hydrogen (secondary N) is 2. The van der Waals surface area contributed by atoms with Crippen molar-refractivity contribution >= 4 is 17.3 Å². The molecular weight excluding hydrogens is 230 g/mol. The van der Waals surface area contributed by atoms with E-state index in [1.54, 1.807) is 25.2 Å². The van der Waals surface area contributed by atoms with Crippen LogP contribution in [0.2, 0.25) is 0 Å². The van der Waals surface area contributed by atoms with Crippen molar-refractivity contribution in [3.63, 3.8) is 0 Å². The average molecular weight is 249 g/mol. The summed E-state index contributed by atoms with van der Waals surface area (Å²) in [4.78, 5) is 11.5. The fourth-order valence-corrected chi connectivity index (χ4v) is 1.99. The molecule has 1 saturated heterocycles. The molecule has 1 aliphatic rings. The van der Waals surface area contributed by atoms with Gasteiger partial charge < -0.3 is 21.1 Å². The molecule has 1 amide bonds. The van der Waals surface area contributed by atoms with Crippen LogP contribution < -0.4 is 16.4 Å². The summed E-state index contributed by atoms with van der Waals surface area (Å²) < 4.78 is 5.32. The van der Waals surface area contributed by atoms with E-state index >= 15 is 0 Å². The molecule has 0 bridgehead atoms. The van der Waals surface area contributed by atoms with Gasteiger partial charge in [0.25, 0.3) is 5.91 Å². The lowest BCUT2D eigenvalue weighted by molar-refractivity contribution is 0.0963. The molecule has 1 unspecified atom stereocenters. The number of amides is 1. The van der Waals surface area contributed by atoms with Crippen LogP contribution in [0.1, 0.15) is 16.8 Å². The van der Waals surface area contributed by atoms with E-state index in [0.29, 0.717) is 17.2 Å². The van der Waals surface area contributed by atoms with Crippen LogP contribution in [0.15, 0.2) is 18.2 Å². The van der Waals surface area contributed by atoms with Crippen molar-refractivity contribution < 1.29 is 9.53 Å². The zero-order chi connectivity index (χ0) is 13.0. The summed E-state index contributed by atoms with van der Waals surface area (Å²) in [5.41, 5.74) is 7.96.